The molecule has 0 aromatic carbocycles. The molecule has 5 heteroatoms. The van der Waals surface area contributed by atoms with E-state index in [0.29, 0.717) is 17.5 Å². The number of nitrogens with zero attached hydrogens (tertiary/aromatic N) is 4. The lowest BCUT2D eigenvalue weighted by atomic mass is 9.86. The molecule has 0 amide bonds. The first-order valence-corrected chi connectivity index (χ1v) is 8.30. The first kappa shape index (κ1) is 12.0. The van der Waals surface area contributed by atoms with Gasteiger partial charge in [-0.3, -0.25) is 0 Å². The summed E-state index contributed by atoms with van der Waals surface area (Å²) >= 11 is 0. The maximum absolute atomic E-state index is 4.57. The van der Waals surface area contributed by atoms with Crippen LogP contribution in [0.5, 0.6) is 0 Å². The Bertz CT molecular complexity index is 681. The molecular weight excluding hydrogens is 262 g/mol. The van der Waals surface area contributed by atoms with Gasteiger partial charge in [0.2, 0.25) is 0 Å². The molecule has 0 saturated heterocycles. The number of fused-ring (bicyclic) bond motifs is 1. The van der Waals surface area contributed by atoms with E-state index in [0.717, 1.165) is 17.0 Å². The summed E-state index contributed by atoms with van der Waals surface area (Å²) in [6, 6.07) is 1.21. The first-order chi connectivity index (χ1) is 10.4. The van der Waals surface area contributed by atoms with Gasteiger partial charge < -0.3 is 9.88 Å². The van der Waals surface area contributed by atoms with Crippen LogP contribution in [0, 0.1) is 5.41 Å². The number of hydrogen-bond acceptors (Lipinski definition) is 4. The Labute approximate surface area is 124 Å². The molecule has 5 rings (SSSR count). The van der Waals surface area contributed by atoms with Crippen LogP contribution in [-0.4, -0.2) is 25.6 Å². The van der Waals surface area contributed by atoms with Crippen molar-refractivity contribution in [2.45, 2.75) is 63.5 Å². The molecule has 3 saturated carbocycles. The van der Waals surface area contributed by atoms with E-state index in [9.17, 15) is 0 Å². The number of imidazole rings is 1. The van der Waals surface area contributed by atoms with E-state index >= 15 is 0 Å². The highest BCUT2D eigenvalue weighted by Crippen LogP contribution is 2.57. The molecule has 1 spiro atoms. The molecule has 0 bridgehead atoms. The summed E-state index contributed by atoms with van der Waals surface area (Å²) < 4.78 is 2.21. The van der Waals surface area contributed by atoms with Crippen LogP contribution in [-0.2, 0) is 0 Å². The average molecular weight is 283 g/mol. The lowest BCUT2D eigenvalue weighted by molar-refractivity contribution is 0.330. The van der Waals surface area contributed by atoms with Gasteiger partial charge >= 0.3 is 0 Å². The topological polar surface area (TPSA) is 55.6 Å². The van der Waals surface area contributed by atoms with Crippen molar-refractivity contribution in [1.29, 1.82) is 0 Å². The van der Waals surface area contributed by atoms with Crippen LogP contribution in [0.1, 0.15) is 57.4 Å². The molecule has 1 atom stereocenters. The van der Waals surface area contributed by atoms with Gasteiger partial charge in [-0.1, -0.05) is 19.3 Å². The van der Waals surface area contributed by atoms with Crippen molar-refractivity contribution in [2.75, 3.05) is 5.32 Å². The Kier molecular flexibility index (Phi) is 2.38. The summed E-state index contributed by atoms with van der Waals surface area (Å²) in [6.45, 7) is 0. The van der Waals surface area contributed by atoms with Crippen LogP contribution >= 0.6 is 0 Å². The minimum atomic E-state index is 0.564. The van der Waals surface area contributed by atoms with Gasteiger partial charge in [-0.25, -0.2) is 15.0 Å². The van der Waals surface area contributed by atoms with Crippen molar-refractivity contribution in [2.24, 2.45) is 5.41 Å². The van der Waals surface area contributed by atoms with Gasteiger partial charge in [-0.05, 0) is 37.5 Å². The van der Waals surface area contributed by atoms with E-state index in [4.69, 9.17) is 0 Å². The summed E-state index contributed by atoms with van der Waals surface area (Å²) in [5, 5.41) is 3.67. The minimum Gasteiger partial charge on any atom is -0.365 e. The Morgan fingerprint density at radius 2 is 1.95 bits per heavy atom. The number of nitrogens with one attached hydrogen (secondary N) is 1. The van der Waals surface area contributed by atoms with E-state index in [1.807, 2.05) is 6.33 Å². The smallest absolute Gasteiger partial charge is 0.165 e. The Hall–Kier alpha value is -1.65. The zero-order valence-corrected chi connectivity index (χ0v) is 12.3. The average Bonchev–Trinajstić information content (AvgIpc) is 3.41. The summed E-state index contributed by atoms with van der Waals surface area (Å²) in [7, 11) is 0. The van der Waals surface area contributed by atoms with Crippen LogP contribution in [0.2, 0.25) is 0 Å². The second kappa shape index (κ2) is 4.18. The van der Waals surface area contributed by atoms with Gasteiger partial charge in [0.1, 0.15) is 11.8 Å². The van der Waals surface area contributed by atoms with Crippen LogP contribution in [0.4, 0.5) is 5.82 Å². The van der Waals surface area contributed by atoms with Gasteiger partial charge in [0.25, 0.3) is 0 Å². The normalized spacial score (nSPS) is 27.1. The summed E-state index contributed by atoms with van der Waals surface area (Å²) in [5.74, 6) is 0.937. The van der Waals surface area contributed by atoms with Crippen molar-refractivity contribution in [3.05, 3.63) is 12.7 Å². The largest absolute Gasteiger partial charge is 0.365 e. The van der Waals surface area contributed by atoms with E-state index in [1.165, 1.54) is 51.4 Å². The summed E-state index contributed by atoms with van der Waals surface area (Å²) in [6.07, 6.45) is 14.4. The summed E-state index contributed by atoms with van der Waals surface area (Å²) in [4.78, 5) is 13.5. The fraction of sp³-hybridized carbons (Fsp3) is 0.688. The zero-order valence-electron chi connectivity index (χ0n) is 12.3. The van der Waals surface area contributed by atoms with Crippen molar-refractivity contribution < 1.29 is 0 Å². The van der Waals surface area contributed by atoms with Crippen LogP contribution in [0.15, 0.2) is 12.7 Å². The molecule has 3 aliphatic carbocycles. The molecule has 0 aliphatic heterocycles. The van der Waals surface area contributed by atoms with Gasteiger partial charge in [-0.2, -0.15) is 0 Å². The Morgan fingerprint density at radius 3 is 2.76 bits per heavy atom. The lowest BCUT2D eigenvalue weighted by Crippen LogP contribution is -2.18. The van der Waals surface area contributed by atoms with Crippen molar-refractivity contribution in [1.82, 2.24) is 19.5 Å². The number of hydrogen-bond donors (Lipinski definition) is 1. The highest BCUT2D eigenvalue weighted by Gasteiger charge is 2.54. The Balaban J connectivity index is 1.43. The van der Waals surface area contributed by atoms with E-state index in [-0.39, 0.29) is 0 Å². The number of anilines is 1. The molecule has 2 heterocycles. The van der Waals surface area contributed by atoms with E-state index in [1.54, 1.807) is 6.33 Å². The highest BCUT2D eigenvalue weighted by atomic mass is 15.2. The van der Waals surface area contributed by atoms with Gasteiger partial charge in [-0.15, -0.1) is 0 Å². The summed E-state index contributed by atoms with van der Waals surface area (Å²) in [5.41, 5.74) is 2.50. The van der Waals surface area contributed by atoms with Crippen molar-refractivity contribution in [3.8, 4) is 0 Å². The molecule has 2 aromatic rings. The maximum atomic E-state index is 4.57. The predicted molar refractivity (Wildman–Crippen MR) is 81.1 cm³/mol. The van der Waals surface area contributed by atoms with E-state index in [2.05, 4.69) is 24.8 Å². The molecule has 21 heavy (non-hydrogen) atoms. The fourth-order valence-electron chi connectivity index (χ4n) is 4.10. The molecule has 1 N–H and O–H groups in total. The first-order valence-electron chi connectivity index (χ1n) is 8.30. The van der Waals surface area contributed by atoms with Crippen LogP contribution in [0.3, 0.4) is 0 Å². The molecule has 3 fully saturated rings. The maximum Gasteiger partial charge on any atom is 0.165 e. The molecular formula is C16H21N5. The van der Waals surface area contributed by atoms with Crippen molar-refractivity contribution in [3.63, 3.8) is 0 Å². The van der Waals surface area contributed by atoms with Gasteiger partial charge in [0, 0.05) is 12.1 Å². The fourth-order valence-corrected chi connectivity index (χ4v) is 4.10. The molecule has 1 unspecified atom stereocenters. The lowest BCUT2D eigenvalue weighted by Gasteiger charge is -2.22. The monoisotopic (exact) mass is 283 g/mol. The predicted octanol–water partition coefficient (Wildman–Crippen LogP) is 3.30. The Morgan fingerprint density at radius 1 is 1.10 bits per heavy atom. The minimum absolute atomic E-state index is 0.564. The van der Waals surface area contributed by atoms with Gasteiger partial charge in [0.05, 0.1) is 6.33 Å². The highest BCUT2D eigenvalue weighted by molar-refractivity contribution is 5.83. The number of rotatable bonds is 3. The second-order valence-corrected chi connectivity index (χ2v) is 7.10. The van der Waals surface area contributed by atoms with Crippen LogP contribution in [0.25, 0.3) is 11.2 Å². The third-order valence-electron chi connectivity index (χ3n) is 5.65. The standard InChI is InChI=1S/C16H21N5/c1-2-6-16(7-3-1)8-12(16)20-14-13-15(18-9-17-14)21(10-19-13)11-4-5-11/h9-12H,1-8H2,(H,17,18,20). The van der Waals surface area contributed by atoms with Crippen molar-refractivity contribution >= 4 is 17.0 Å². The zero-order chi connectivity index (χ0) is 13.9. The molecule has 5 nitrogen and oxygen atoms in total. The molecule has 2 aromatic heterocycles. The third-order valence-corrected chi connectivity index (χ3v) is 5.65. The second-order valence-electron chi connectivity index (χ2n) is 7.10. The molecule has 0 radical (unpaired) electrons. The van der Waals surface area contributed by atoms with Gasteiger partial charge in [0.15, 0.2) is 11.5 Å². The third kappa shape index (κ3) is 1.86. The van der Waals surface area contributed by atoms with Crippen LogP contribution < -0.4 is 5.32 Å². The SMILES string of the molecule is c1nc(NC2CC23CCCCC3)c2ncn(C3CC3)c2n1. The quantitative estimate of drug-likeness (QED) is 0.939. The number of aromatic nitrogens is 4. The molecule has 3 aliphatic rings. The molecule has 110 valence electrons. The van der Waals surface area contributed by atoms with E-state index < -0.39 is 0 Å².